The lowest BCUT2D eigenvalue weighted by Gasteiger charge is -2.20. The topological polar surface area (TPSA) is 49.8 Å². The molecule has 30 heavy (non-hydrogen) atoms. The molecule has 0 amide bonds. The highest BCUT2D eigenvalue weighted by molar-refractivity contribution is 7.14. The highest BCUT2D eigenvalue weighted by Gasteiger charge is 2.09. The molecule has 3 rings (SSSR count). The van der Waals surface area contributed by atoms with Crippen LogP contribution >= 0.6 is 11.3 Å². The molecule has 3 aromatic rings. The van der Waals surface area contributed by atoms with E-state index in [0.717, 1.165) is 52.9 Å². The van der Waals surface area contributed by atoms with Crippen LogP contribution in [0.15, 0.2) is 84.3 Å². The Morgan fingerprint density at radius 3 is 2.60 bits per heavy atom. The predicted molar refractivity (Wildman–Crippen MR) is 127 cm³/mol. The molecule has 6 heteroatoms. The summed E-state index contributed by atoms with van der Waals surface area (Å²) in [7, 11) is 1.69. The largest absolute Gasteiger partial charge is 0.496 e. The molecule has 0 saturated heterocycles. The van der Waals surface area contributed by atoms with Crippen molar-refractivity contribution < 1.29 is 4.74 Å². The maximum absolute atomic E-state index is 5.53. The lowest BCUT2D eigenvalue weighted by Crippen LogP contribution is -2.23. The lowest BCUT2D eigenvalue weighted by molar-refractivity contribution is 0.317. The Labute approximate surface area is 182 Å². The van der Waals surface area contributed by atoms with Crippen molar-refractivity contribution in [3.05, 3.63) is 90.3 Å². The van der Waals surface area contributed by atoms with Crippen LogP contribution in [0.5, 0.6) is 5.75 Å². The van der Waals surface area contributed by atoms with E-state index in [1.54, 1.807) is 13.3 Å². The minimum absolute atomic E-state index is 0.739. The van der Waals surface area contributed by atoms with Crippen LogP contribution in [0.2, 0.25) is 0 Å². The van der Waals surface area contributed by atoms with Crippen LogP contribution in [0.25, 0.3) is 11.3 Å². The molecule has 0 aliphatic heterocycles. The van der Waals surface area contributed by atoms with Crippen molar-refractivity contribution in [2.24, 2.45) is 5.10 Å². The molecule has 0 bridgehead atoms. The zero-order valence-corrected chi connectivity index (χ0v) is 17.9. The van der Waals surface area contributed by atoms with Crippen LogP contribution < -0.4 is 10.2 Å². The van der Waals surface area contributed by atoms with Gasteiger partial charge in [0.25, 0.3) is 0 Å². The number of rotatable bonds is 11. The normalized spacial score (nSPS) is 11.0. The first-order valence-electron chi connectivity index (χ1n) is 9.64. The Kier molecular flexibility index (Phi) is 7.94. The van der Waals surface area contributed by atoms with Gasteiger partial charge in [-0.25, -0.2) is 4.98 Å². The maximum atomic E-state index is 5.53. The third-order valence-corrected chi connectivity index (χ3v) is 5.17. The first-order valence-corrected chi connectivity index (χ1v) is 10.5. The Bertz CT molecular complexity index is 987. The van der Waals surface area contributed by atoms with Gasteiger partial charge in [-0.3, -0.25) is 10.3 Å². The first kappa shape index (κ1) is 21.5. The molecule has 0 aliphatic rings. The number of thiazole rings is 1. The summed E-state index contributed by atoms with van der Waals surface area (Å²) in [6.07, 6.45) is 5.57. The van der Waals surface area contributed by atoms with Crippen LogP contribution in [0.3, 0.4) is 0 Å². The molecule has 0 atom stereocenters. The fraction of sp³-hybridized carbons (Fsp3) is 0.167. The third-order valence-electron chi connectivity index (χ3n) is 4.42. The van der Waals surface area contributed by atoms with E-state index in [4.69, 9.17) is 4.74 Å². The van der Waals surface area contributed by atoms with E-state index in [1.165, 1.54) is 11.3 Å². The molecule has 1 aromatic heterocycles. The van der Waals surface area contributed by atoms with Crippen molar-refractivity contribution in [1.82, 2.24) is 9.88 Å². The van der Waals surface area contributed by atoms with Gasteiger partial charge >= 0.3 is 0 Å². The van der Waals surface area contributed by atoms with Gasteiger partial charge in [0.2, 0.25) is 5.13 Å². The van der Waals surface area contributed by atoms with Crippen molar-refractivity contribution in [3.63, 3.8) is 0 Å². The number of anilines is 1. The number of ether oxygens (including phenoxy) is 1. The summed E-state index contributed by atoms with van der Waals surface area (Å²) in [5.74, 6) is 0.852. The van der Waals surface area contributed by atoms with Crippen LogP contribution in [0, 0.1) is 0 Å². The average Bonchev–Trinajstić information content (AvgIpc) is 3.24. The Morgan fingerprint density at radius 2 is 1.90 bits per heavy atom. The van der Waals surface area contributed by atoms with Crippen molar-refractivity contribution in [3.8, 4) is 17.0 Å². The standard InChI is InChI=1S/C24H26N4OS/c1-4-13-28(14-5-2)17-21-15-19(11-12-23(21)29-3)16-25-27-24-26-22(18-30-24)20-9-7-6-8-10-20/h4-12,15-16,18H,1-2,13-14,17H2,3H3,(H,26,27). The molecular formula is C24H26N4OS. The first-order chi connectivity index (χ1) is 14.7. The van der Waals surface area contributed by atoms with E-state index >= 15 is 0 Å². The molecule has 0 unspecified atom stereocenters. The molecule has 1 N–H and O–H groups in total. The number of hydrogen-bond acceptors (Lipinski definition) is 6. The highest BCUT2D eigenvalue weighted by atomic mass is 32.1. The molecule has 0 fully saturated rings. The van der Waals surface area contributed by atoms with Gasteiger partial charge in [0, 0.05) is 36.1 Å². The minimum Gasteiger partial charge on any atom is -0.496 e. The molecule has 5 nitrogen and oxygen atoms in total. The molecule has 2 aromatic carbocycles. The molecule has 154 valence electrons. The van der Waals surface area contributed by atoms with Crippen LogP contribution in [-0.2, 0) is 6.54 Å². The number of hydrogen-bond donors (Lipinski definition) is 1. The zero-order chi connectivity index (χ0) is 21.2. The predicted octanol–water partition coefficient (Wildman–Crippen LogP) is 5.44. The van der Waals surface area contributed by atoms with Crippen molar-refractivity contribution in [1.29, 1.82) is 0 Å². The SMILES string of the molecule is C=CCN(CC=C)Cc1cc(C=NNc2nc(-c3ccccc3)cs2)ccc1OC. The molecule has 0 aliphatic carbocycles. The second kappa shape index (κ2) is 11.1. The van der Waals surface area contributed by atoms with Crippen LogP contribution in [-0.4, -0.2) is 36.3 Å². The highest BCUT2D eigenvalue weighted by Crippen LogP contribution is 2.25. The van der Waals surface area contributed by atoms with E-state index in [0.29, 0.717) is 0 Å². The van der Waals surface area contributed by atoms with Crippen molar-refractivity contribution >= 4 is 22.7 Å². The number of aromatic nitrogens is 1. The molecular weight excluding hydrogens is 392 g/mol. The van der Waals surface area contributed by atoms with Gasteiger partial charge < -0.3 is 4.74 Å². The summed E-state index contributed by atoms with van der Waals surface area (Å²) < 4.78 is 5.53. The monoisotopic (exact) mass is 418 g/mol. The van der Waals surface area contributed by atoms with Crippen molar-refractivity contribution in [2.75, 3.05) is 25.6 Å². The third kappa shape index (κ3) is 5.89. The van der Waals surface area contributed by atoms with Gasteiger partial charge in [-0.15, -0.1) is 24.5 Å². The summed E-state index contributed by atoms with van der Waals surface area (Å²) in [6, 6.07) is 16.1. The average molecular weight is 419 g/mol. The van der Waals surface area contributed by atoms with Crippen LogP contribution in [0.1, 0.15) is 11.1 Å². The van der Waals surface area contributed by atoms with Crippen LogP contribution in [0.4, 0.5) is 5.13 Å². The fourth-order valence-corrected chi connectivity index (χ4v) is 3.71. The number of nitrogens with one attached hydrogen (secondary N) is 1. The summed E-state index contributed by atoms with van der Waals surface area (Å²) in [5.41, 5.74) is 7.12. The van der Waals surface area contributed by atoms with Gasteiger partial charge in [-0.1, -0.05) is 42.5 Å². The smallest absolute Gasteiger partial charge is 0.203 e. The summed E-state index contributed by atoms with van der Waals surface area (Å²) >= 11 is 1.53. The summed E-state index contributed by atoms with van der Waals surface area (Å²) in [5, 5.41) is 7.13. The second-order valence-corrected chi connectivity index (χ2v) is 7.47. The van der Waals surface area contributed by atoms with Gasteiger partial charge in [0.1, 0.15) is 5.75 Å². The van der Waals surface area contributed by atoms with E-state index in [-0.39, 0.29) is 0 Å². The second-order valence-electron chi connectivity index (χ2n) is 6.62. The van der Waals surface area contributed by atoms with Gasteiger partial charge in [-0.05, 0) is 23.8 Å². The lowest BCUT2D eigenvalue weighted by atomic mass is 10.1. The van der Waals surface area contributed by atoms with Crippen molar-refractivity contribution in [2.45, 2.75) is 6.54 Å². The van der Waals surface area contributed by atoms with E-state index in [2.05, 4.69) is 39.6 Å². The summed E-state index contributed by atoms with van der Waals surface area (Å²) in [4.78, 5) is 6.82. The van der Waals surface area contributed by atoms with E-state index in [1.807, 2.05) is 60.0 Å². The Hall–Kier alpha value is -3.22. The fourth-order valence-electron chi connectivity index (χ4n) is 3.04. The van der Waals surface area contributed by atoms with Gasteiger partial charge in [-0.2, -0.15) is 5.10 Å². The Morgan fingerprint density at radius 1 is 1.13 bits per heavy atom. The number of benzene rings is 2. The number of hydrazone groups is 1. The summed E-state index contributed by atoms with van der Waals surface area (Å²) in [6.45, 7) is 9.97. The molecule has 0 saturated carbocycles. The maximum Gasteiger partial charge on any atom is 0.203 e. The van der Waals surface area contributed by atoms with E-state index in [9.17, 15) is 0 Å². The molecule has 0 spiro atoms. The minimum atomic E-state index is 0.739. The zero-order valence-electron chi connectivity index (χ0n) is 17.1. The number of nitrogens with zero attached hydrogens (tertiary/aromatic N) is 3. The van der Waals surface area contributed by atoms with E-state index < -0.39 is 0 Å². The van der Waals surface area contributed by atoms with Gasteiger partial charge in [0.05, 0.1) is 19.0 Å². The number of methoxy groups -OCH3 is 1. The quantitative estimate of drug-likeness (QED) is 0.256. The molecule has 0 radical (unpaired) electrons. The van der Waals surface area contributed by atoms with Gasteiger partial charge in [0.15, 0.2) is 0 Å². The Balaban J connectivity index is 1.69. The molecule has 1 heterocycles.